The molecule has 0 aliphatic heterocycles. The minimum atomic E-state index is -5.08. The Hall–Kier alpha value is -3.93. The van der Waals surface area contributed by atoms with Crippen LogP contribution in [-0.2, 0) is 27.0 Å². The number of alkyl halides is 6. The van der Waals surface area contributed by atoms with Gasteiger partial charge >= 0.3 is 24.3 Å². The number of aromatic nitrogens is 1. The summed E-state index contributed by atoms with van der Waals surface area (Å²) in [5.74, 6) is -5.51. The molecule has 0 atom stereocenters. The molecule has 1 heterocycles. The van der Waals surface area contributed by atoms with E-state index in [0.29, 0.717) is 6.54 Å². The lowest BCUT2D eigenvalue weighted by Gasteiger charge is -2.42. The standard InChI is InChI=1S/C26H30N2.2C2HF3O2/c1-25(2)14-15-26(3,4)22-16-20(12-13-21(22)25)24-7-5-6-23(28-24)19-10-8-18(17-27)9-11-19;2*3-2(4,5)1(6)7/h5-13,16H,14-15,17,27H2,1-4H3;2*(H,6,7). The second-order valence-corrected chi connectivity index (χ2v) is 10.9. The van der Waals surface area contributed by atoms with Crippen LogP contribution in [0.3, 0.4) is 0 Å². The Kier molecular flexibility index (Phi) is 10.6. The number of carboxylic acid groups (broad SMARTS) is 2. The molecule has 6 nitrogen and oxygen atoms in total. The largest absolute Gasteiger partial charge is 0.490 e. The van der Waals surface area contributed by atoms with E-state index in [0.717, 1.165) is 22.5 Å². The zero-order valence-corrected chi connectivity index (χ0v) is 23.4. The quantitative estimate of drug-likeness (QED) is 0.269. The monoisotopic (exact) mass is 598 g/mol. The van der Waals surface area contributed by atoms with Gasteiger partial charge in [0.2, 0.25) is 0 Å². The van der Waals surface area contributed by atoms with Crippen LogP contribution < -0.4 is 5.73 Å². The van der Waals surface area contributed by atoms with E-state index in [1.54, 1.807) is 0 Å². The van der Waals surface area contributed by atoms with Gasteiger partial charge in [-0.1, -0.05) is 70.2 Å². The van der Waals surface area contributed by atoms with Gasteiger partial charge < -0.3 is 15.9 Å². The van der Waals surface area contributed by atoms with Crippen LogP contribution in [0.15, 0.2) is 60.7 Å². The van der Waals surface area contributed by atoms with Gasteiger partial charge in [0.1, 0.15) is 0 Å². The number of pyridine rings is 1. The summed E-state index contributed by atoms with van der Waals surface area (Å²) in [4.78, 5) is 22.8. The van der Waals surface area contributed by atoms with Crippen LogP contribution in [0, 0.1) is 0 Å². The maximum Gasteiger partial charge on any atom is 0.490 e. The molecule has 4 rings (SSSR count). The molecule has 4 N–H and O–H groups in total. The maximum absolute atomic E-state index is 10.6. The highest BCUT2D eigenvalue weighted by atomic mass is 19.4. The van der Waals surface area contributed by atoms with Gasteiger partial charge in [-0.15, -0.1) is 0 Å². The molecule has 228 valence electrons. The van der Waals surface area contributed by atoms with E-state index in [4.69, 9.17) is 30.5 Å². The SMILES string of the molecule is CC1(C)CCC(C)(C)c2cc(-c3cccc(-c4ccc(CN)cc4)n3)ccc21.O=C(O)C(F)(F)F.O=C(O)C(F)(F)F. The first kappa shape index (κ1) is 34.3. The van der Waals surface area contributed by atoms with Gasteiger partial charge in [0.25, 0.3) is 0 Å². The number of fused-ring (bicyclic) bond motifs is 1. The number of halogens is 6. The molecule has 1 aromatic heterocycles. The highest BCUT2D eigenvalue weighted by Gasteiger charge is 2.39. The van der Waals surface area contributed by atoms with Crippen LogP contribution in [0.1, 0.15) is 57.2 Å². The van der Waals surface area contributed by atoms with Crippen LogP contribution in [0.25, 0.3) is 22.5 Å². The molecule has 0 bridgehead atoms. The molecule has 2 aromatic carbocycles. The lowest BCUT2D eigenvalue weighted by atomic mass is 9.63. The van der Waals surface area contributed by atoms with Gasteiger partial charge in [-0.2, -0.15) is 26.3 Å². The molecule has 0 radical (unpaired) electrons. The Morgan fingerprint density at radius 3 is 1.57 bits per heavy atom. The third kappa shape index (κ3) is 9.04. The average Bonchev–Trinajstić information content (AvgIpc) is 2.91. The number of carbonyl (C=O) groups is 2. The summed E-state index contributed by atoms with van der Waals surface area (Å²) in [5.41, 5.74) is 14.6. The van der Waals surface area contributed by atoms with Crippen LogP contribution >= 0.6 is 0 Å². The summed E-state index contributed by atoms with van der Waals surface area (Å²) < 4.78 is 63.5. The first-order chi connectivity index (χ1) is 19.2. The Morgan fingerprint density at radius 2 is 1.14 bits per heavy atom. The Bertz CT molecular complexity index is 1370. The summed E-state index contributed by atoms with van der Waals surface area (Å²) >= 11 is 0. The highest BCUT2D eigenvalue weighted by molar-refractivity contribution is 5.73. The Morgan fingerprint density at radius 1 is 0.738 bits per heavy atom. The zero-order chi connectivity index (χ0) is 32.1. The molecule has 0 spiro atoms. The minimum Gasteiger partial charge on any atom is -0.475 e. The molecule has 1 aliphatic carbocycles. The van der Waals surface area contributed by atoms with E-state index in [1.165, 1.54) is 29.5 Å². The molecule has 42 heavy (non-hydrogen) atoms. The van der Waals surface area contributed by atoms with Crippen molar-refractivity contribution in [3.8, 4) is 22.5 Å². The molecule has 1 aliphatic rings. The third-order valence-corrected chi connectivity index (χ3v) is 6.87. The van der Waals surface area contributed by atoms with Crippen LogP contribution in [0.2, 0.25) is 0 Å². The fourth-order valence-corrected chi connectivity index (χ4v) is 4.32. The smallest absolute Gasteiger partial charge is 0.475 e. The fraction of sp³-hybridized carbons (Fsp3) is 0.367. The normalized spacial score (nSPS) is 15.2. The number of aliphatic carboxylic acids is 2. The maximum atomic E-state index is 10.6. The summed E-state index contributed by atoms with van der Waals surface area (Å²) in [6.07, 6.45) is -7.71. The molecule has 0 amide bonds. The predicted octanol–water partition coefficient (Wildman–Crippen LogP) is 7.49. The highest BCUT2D eigenvalue weighted by Crippen LogP contribution is 2.46. The van der Waals surface area contributed by atoms with E-state index in [1.807, 2.05) is 0 Å². The van der Waals surface area contributed by atoms with Gasteiger partial charge in [-0.25, -0.2) is 14.6 Å². The van der Waals surface area contributed by atoms with E-state index >= 15 is 0 Å². The van der Waals surface area contributed by atoms with Crippen molar-refractivity contribution in [3.63, 3.8) is 0 Å². The zero-order valence-electron chi connectivity index (χ0n) is 23.4. The number of carboxylic acids is 2. The molecular formula is C30H32F6N2O4. The van der Waals surface area contributed by atoms with Gasteiger partial charge in [-0.05, 0) is 58.6 Å². The number of benzene rings is 2. The van der Waals surface area contributed by atoms with Gasteiger partial charge in [0, 0.05) is 17.7 Å². The number of hydrogen-bond donors (Lipinski definition) is 3. The third-order valence-electron chi connectivity index (χ3n) is 6.87. The number of nitrogens with two attached hydrogens (primary N) is 1. The van der Waals surface area contributed by atoms with Gasteiger partial charge in [0.05, 0.1) is 11.4 Å². The Balaban J connectivity index is 0.000000367. The van der Waals surface area contributed by atoms with Crippen molar-refractivity contribution in [2.24, 2.45) is 5.73 Å². The van der Waals surface area contributed by atoms with Gasteiger partial charge in [0.15, 0.2) is 0 Å². The van der Waals surface area contributed by atoms with E-state index < -0.39 is 24.3 Å². The second kappa shape index (κ2) is 12.9. The molecule has 0 saturated heterocycles. The number of nitrogens with zero attached hydrogens (tertiary/aromatic N) is 1. The Labute approximate surface area is 239 Å². The van der Waals surface area contributed by atoms with Crippen molar-refractivity contribution in [2.45, 2.75) is 70.3 Å². The first-order valence-electron chi connectivity index (χ1n) is 12.7. The topological polar surface area (TPSA) is 114 Å². The van der Waals surface area contributed by atoms with Crippen molar-refractivity contribution >= 4 is 11.9 Å². The molecule has 0 saturated carbocycles. The van der Waals surface area contributed by atoms with E-state index in [9.17, 15) is 26.3 Å². The summed E-state index contributed by atoms with van der Waals surface area (Å²) in [6, 6.07) is 21.6. The average molecular weight is 599 g/mol. The van der Waals surface area contributed by atoms with Crippen LogP contribution in [0.4, 0.5) is 26.3 Å². The summed E-state index contributed by atoms with van der Waals surface area (Å²) in [6.45, 7) is 10.0. The van der Waals surface area contributed by atoms with Crippen LogP contribution in [-0.4, -0.2) is 39.5 Å². The number of rotatable bonds is 3. The summed E-state index contributed by atoms with van der Waals surface area (Å²) in [7, 11) is 0. The molecule has 0 unspecified atom stereocenters. The molecule has 0 fully saturated rings. The molecular weight excluding hydrogens is 566 g/mol. The van der Waals surface area contributed by atoms with Gasteiger partial charge in [-0.3, -0.25) is 0 Å². The molecule has 12 heteroatoms. The van der Waals surface area contributed by atoms with Crippen molar-refractivity contribution < 1.29 is 46.1 Å². The first-order valence-corrected chi connectivity index (χ1v) is 12.7. The molecule has 3 aromatic rings. The second-order valence-electron chi connectivity index (χ2n) is 10.9. The lowest BCUT2D eigenvalue weighted by molar-refractivity contribution is -0.193. The minimum absolute atomic E-state index is 0.205. The fourth-order valence-electron chi connectivity index (χ4n) is 4.32. The summed E-state index contributed by atoms with van der Waals surface area (Å²) in [5, 5.41) is 14.2. The van der Waals surface area contributed by atoms with Crippen molar-refractivity contribution in [3.05, 3.63) is 77.4 Å². The van der Waals surface area contributed by atoms with E-state index in [-0.39, 0.29) is 10.8 Å². The van der Waals surface area contributed by atoms with Crippen molar-refractivity contribution in [1.29, 1.82) is 0 Å². The van der Waals surface area contributed by atoms with Crippen molar-refractivity contribution in [2.75, 3.05) is 0 Å². The van der Waals surface area contributed by atoms with Crippen molar-refractivity contribution in [1.82, 2.24) is 4.98 Å². The lowest BCUT2D eigenvalue weighted by Crippen LogP contribution is -2.33. The predicted molar refractivity (Wildman–Crippen MR) is 146 cm³/mol. The van der Waals surface area contributed by atoms with E-state index in [2.05, 4.69) is 88.4 Å². The van der Waals surface area contributed by atoms with Crippen LogP contribution in [0.5, 0.6) is 0 Å². The number of hydrogen-bond acceptors (Lipinski definition) is 4.